The Labute approximate surface area is 206 Å². The van der Waals surface area contributed by atoms with Crippen molar-refractivity contribution in [3.8, 4) is 11.5 Å². The summed E-state index contributed by atoms with van der Waals surface area (Å²) >= 11 is 0. The Morgan fingerprint density at radius 3 is 2.37 bits per heavy atom. The second kappa shape index (κ2) is 10.8. The molecule has 0 aliphatic carbocycles. The van der Waals surface area contributed by atoms with E-state index in [1.54, 1.807) is 18.2 Å². The Hall–Kier alpha value is -3.52. The predicted octanol–water partition coefficient (Wildman–Crippen LogP) is 4.22. The smallest absolute Gasteiger partial charge is 0.232 e. The van der Waals surface area contributed by atoms with Crippen molar-refractivity contribution < 1.29 is 22.7 Å². The molecule has 8 heteroatoms. The minimum absolute atomic E-state index is 0.143. The maximum absolute atomic E-state index is 12.9. The molecule has 1 N–H and O–H groups in total. The quantitative estimate of drug-likeness (QED) is 0.482. The van der Waals surface area contributed by atoms with Crippen molar-refractivity contribution in [2.24, 2.45) is 0 Å². The summed E-state index contributed by atoms with van der Waals surface area (Å²) in [6.07, 6.45) is 1.71. The maximum atomic E-state index is 12.9. The van der Waals surface area contributed by atoms with Gasteiger partial charge in [0.1, 0.15) is 13.2 Å². The zero-order valence-corrected chi connectivity index (χ0v) is 20.8. The molecule has 0 unspecified atom stereocenters. The lowest BCUT2D eigenvalue weighted by atomic mass is 9.97. The number of anilines is 1. The molecule has 1 aliphatic heterocycles. The molecule has 4 rings (SSSR count). The molecule has 1 heterocycles. The molecule has 0 saturated heterocycles. The Bertz CT molecular complexity index is 1280. The van der Waals surface area contributed by atoms with Gasteiger partial charge >= 0.3 is 0 Å². The Balaban J connectivity index is 1.44. The van der Waals surface area contributed by atoms with Crippen LogP contribution in [0.5, 0.6) is 11.5 Å². The Morgan fingerprint density at radius 1 is 0.943 bits per heavy atom. The molecule has 35 heavy (non-hydrogen) atoms. The number of hydrogen-bond donors (Lipinski definition) is 1. The van der Waals surface area contributed by atoms with Gasteiger partial charge in [-0.1, -0.05) is 60.2 Å². The number of amides is 1. The van der Waals surface area contributed by atoms with Gasteiger partial charge in [0, 0.05) is 19.0 Å². The van der Waals surface area contributed by atoms with Gasteiger partial charge in [-0.05, 0) is 36.6 Å². The molecule has 0 radical (unpaired) electrons. The molecule has 0 bridgehead atoms. The largest absolute Gasteiger partial charge is 0.486 e. The number of rotatable bonds is 9. The van der Waals surface area contributed by atoms with Crippen molar-refractivity contribution in [1.82, 2.24) is 5.32 Å². The van der Waals surface area contributed by atoms with Gasteiger partial charge in [-0.3, -0.25) is 9.10 Å². The van der Waals surface area contributed by atoms with Crippen LogP contribution >= 0.6 is 0 Å². The van der Waals surface area contributed by atoms with Crippen molar-refractivity contribution in [2.75, 3.05) is 30.3 Å². The Morgan fingerprint density at radius 2 is 1.66 bits per heavy atom. The monoisotopic (exact) mass is 494 g/mol. The van der Waals surface area contributed by atoms with Gasteiger partial charge in [-0.25, -0.2) is 8.42 Å². The first kappa shape index (κ1) is 24.6. The highest BCUT2D eigenvalue weighted by Gasteiger charge is 2.22. The number of carbonyl (C=O) groups excluding carboxylic acids is 1. The molecule has 0 spiro atoms. The van der Waals surface area contributed by atoms with Crippen LogP contribution < -0.4 is 19.1 Å². The topological polar surface area (TPSA) is 84.9 Å². The van der Waals surface area contributed by atoms with E-state index in [1.807, 2.05) is 55.5 Å². The standard InChI is InChI=1S/C27H30N2O5S/c1-20-8-6-11-22(18-20)27(21-9-4-3-5-10-21)28-26(30)12-7-15-29(35(2,31)32)23-13-14-24-25(19-23)34-17-16-33-24/h3-6,8-11,13-14,18-19,27H,7,12,15-17H2,1-2H3,(H,28,30)/t27-/m0/s1. The van der Waals surface area contributed by atoms with Crippen LogP contribution in [0.1, 0.15) is 35.6 Å². The summed E-state index contributed by atoms with van der Waals surface area (Å²) in [5, 5.41) is 3.13. The minimum Gasteiger partial charge on any atom is -0.486 e. The number of aryl methyl sites for hydroxylation is 1. The first-order valence-electron chi connectivity index (χ1n) is 11.6. The molecule has 1 atom stereocenters. The third kappa shape index (κ3) is 6.33. The minimum atomic E-state index is -3.55. The third-order valence-corrected chi connectivity index (χ3v) is 6.99. The van der Waals surface area contributed by atoms with E-state index in [9.17, 15) is 13.2 Å². The van der Waals surface area contributed by atoms with Crippen LogP contribution in [0.4, 0.5) is 5.69 Å². The van der Waals surface area contributed by atoms with Gasteiger partial charge < -0.3 is 14.8 Å². The maximum Gasteiger partial charge on any atom is 0.232 e. The fourth-order valence-corrected chi connectivity index (χ4v) is 5.10. The summed E-state index contributed by atoms with van der Waals surface area (Å²) in [6.45, 7) is 3.07. The van der Waals surface area contributed by atoms with Crippen molar-refractivity contribution in [2.45, 2.75) is 25.8 Å². The molecule has 3 aromatic carbocycles. The summed E-state index contributed by atoms with van der Waals surface area (Å²) in [5.74, 6) is 0.968. The second-order valence-electron chi connectivity index (χ2n) is 8.59. The van der Waals surface area contributed by atoms with E-state index in [1.165, 1.54) is 4.31 Å². The molecule has 0 aromatic heterocycles. The van der Waals surface area contributed by atoms with Crippen LogP contribution in [0.3, 0.4) is 0 Å². The van der Waals surface area contributed by atoms with Crippen molar-refractivity contribution in [3.05, 3.63) is 89.5 Å². The van der Waals surface area contributed by atoms with Crippen molar-refractivity contribution >= 4 is 21.6 Å². The third-order valence-electron chi connectivity index (χ3n) is 5.79. The van der Waals surface area contributed by atoms with Gasteiger partial charge in [0.05, 0.1) is 18.0 Å². The second-order valence-corrected chi connectivity index (χ2v) is 10.5. The van der Waals surface area contributed by atoms with Gasteiger partial charge in [0.15, 0.2) is 11.5 Å². The normalized spacial score (nSPS) is 13.7. The molecule has 3 aromatic rings. The molecule has 184 valence electrons. The van der Waals surface area contributed by atoms with Crippen LogP contribution in [0.15, 0.2) is 72.8 Å². The average molecular weight is 495 g/mol. The van der Waals surface area contributed by atoms with E-state index in [2.05, 4.69) is 11.4 Å². The summed E-state index contributed by atoms with van der Waals surface area (Å²) in [5.41, 5.74) is 3.58. The summed E-state index contributed by atoms with van der Waals surface area (Å²) in [7, 11) is -3.55. The highest BCUT2D eigenvalue weighted by molar-refractivity contribution is 7.92. The number of nitrogens with one attached hydrogen (secondary N) is 1. The van der Waals surface area contributed by atoms with Crippen LogP contribution in [-0.4, -0.2) is 40.3 Å². The van der Waals surface area contributed by atoms with Crippen LogP contribution in [0.2, 0.25) is 0 Å². The summed E-state index contributed by atoms with van der Waals surface area (Å²) in [4.78, 5) is 12.9. The molecule has 0 fully saturated rings. The molecule has 0 saturated carbocycles. The lowest BCUT2D eigenvalue weighted by Crippen LogP contribution is -2.33. The first-order chi connectivity index (χ1) is 16.8. The number of ether oxygens (including phenoxy) is 2. The highest BCUT2D eigenvalue weighted by Crippen LogP contribution is 2.34. The number of benzene rings is 3. The van der Waals surface area contributed by atoms with Crippen LogP contribution in [-0.2, 0) is 14.8 Å². The first-order valence-corrected chi connectivity index (χ1v) is 13.4. The Kier molecular flexibility index (Phi) is 7.60. The molecular weight excluding hydrogens is 464 g/mol. The van der Waals surface area contributed by atoms with E-state index in [-0.39, 0.29) is 24.9 Å². The average Bonchev–Trinajstić information content (AvgIpc) is 2.84. The van der Waals surface area contributed by atoms with E-state index >= 15 is 0 Å². The predicted molar refractivity (Wildman–Crippen MR) is 136 cm³/mol. The fraction of sp³-hybridized carbons (Fsp3) is 0.296. The fourth-order valence-electron chi connectivity index (χ4n) is 4.14. The lowest BCUT2D eigenvalue weighted by molar-refractivity contribution is -0.121. The number of sulfonamides is 1. The zero-order valence-electron chi connectivity index (χ0n) is 19.9. The number of carbonyl (C=O) groups is 1. The van der Waals surface area contributed by atoms with Crippen LogP contribution in [0.25, 0.3) is 0 Å². The number of fused-ring (bicyclic) bond motifs is 1. The molecular formula is C27H30N2O5S. The molecule has 1 amide bonds. The van der Waals surface area contributed by atoms with E-state index in [0.717, 1.165) is 22.9 Å². The van der Waals surface area contributed by atoms with E-state index in [4.69, 9.17) is 9.47 Å². The highest BCUT2D eigenvalue weighted by atomic mass is 32.2. The zero-order chi connectivity index (χ0) is 24.8. The SMILES string of the molecule is Cc1cccc([C@@H](NC(=O)CCCN(c2ccc3c(c2)OCCO3)S(C)(=O)=O)c2ccccc2)c1. The number of hydrogen-bond acceptors (Lipinski definition) is 5. The van der Waals surface area contributed by atoms with Crippen molar-refractivity contribution in [3.63, 3.8) is 0 Å². The summed E-state index contributed by atoms with van der Waals surface area (Å²) in [6, 6.07) is 22.6. The van der Waals surface area contributed by atoms with Crippen molar-refractivity contribution in [1.29, 1.82) is 0 Å². The van der Waals surface area contributed by atoms with E-state index in [0.29, 0.717) is 36.8 Å². The van der Waals surface area contributed by atoms with Gasteiger partial charge in [-0.2, -0.15) is 0 Å². The molecule has 7 nitrogen and oxygen atoms in total. The van der Waals surface area contributed by atoms with Crippen LogP contribution in [0, 0.1) is 6.92 Å². The number of nitrogens with zero attached hydrogens (tertiary/aromatic N) is 1. The summed E-state index contributed by atoms with van der Waals surface area (Å²) < 4.78 is 37.4. The van der Waals surface area contributed by atoms with E-state index < -0.39 is 10.0 Å². The molecule has 1 aliphatic rings. The van der Waals surface area contributed by atoms with Gasteiger partial charge in [0.2, 0.25) is 15.9 Å². The van der Waals surface area contributed by atoms with Gasteiger partial charge in [-0.15, -0.1) is 0 Å². The lowest BCUT2D eigenvalue weighted by Gasteiger charge is -2.25. The van der Waals surface area contributed by atoms with Gasteiger partial charge in [0.25, 0.3) is 0 Å².